The summed E-state index contributed by atoms with van der Waals surface area (Å²) >= 11 is 2.26. The molecule has 1 unspecified atom stereocenters. The topological polar surface area (TPSA) is 29.5 Å². The first-order valence-electron chi connectivity index (χ1n) is 6.79. The minimum Gasteiger partial charge on any atom is -0.376 e. The average molecular weight is 373 g/mol. The van der Waals surface area contributed by atoms with Crippen molar-refractivity contribution in [1.82, 2.24) is 4.90 Å². The summed E-state index contributed by atoms with van der Waals surface area (Å²) in [6, 6.07) is 5.90. The SMILES string of the molecule is CCN(CC1CCCO1)C(=O)c1cccc(C)c1I. The number of carbonyl (C=O) groups excluding carboxylic acids is 1. The second-order valence-corrected chi connectivity index (χ2v) is 5.99. The highest BCUT2D eigenvalue weighted by molar-refractivity contribution is 14.1. The van der Waals surface area contributed by atoms with Crippen molar-refractivity contribution in [3.8, 4) is 0 Å². The van der Waals surface area contributed by atoms with Gasteiger partial charge in [0.1, 0.15) is 0 Å². The van der Waals surface area contributed by atoms with Gasteiger partial charge in [-0.3, -0.25) is 4.79 Å². The molecule has 0 spiro atoms. The quantitative estimate of drug-likeness (QED) is 0.759. The van der Waals surface area contributed by atoms with E-state index in [1.54, 1.807) is 0 Å². The fraction of sp³-hybridized carbons (Fsp3) is 0.533. The number of rotatable bonds is 4. The molecule has 1 heterocycles. The van der Waals surface area contributed by atoms with Gasteiger partial charge in [0.25, 0.3) is 5.91 Å². The Morgan fingerprint density at radius 3 is 2.95 bits per heavy atom. The summed E-state index contributed by atoms with van der Waals surface area (Å²) in [7, 11) is 0. The third kappa shape index (κ3) is 3.48. The van der Waals surface area contributed by atoms with Gasteiger partial charge in [-0.15, -0.1) is 0 Å². The van der Waals surface area contributed by atoms with Crippen molar-refractivity contribution >= 4 is 28.5 Å². The number of likely N-dealkylation sites (N-methyl/N-ethyl adjacent to an activating group) is 1. The van der Waals surface area contributed by atoms with Gasteiger partial charge in [-0.25, -0.2) is 0 Å². The van der Waals surface area contributed by atoms with Gasteiger partial charge >= 0.3 is 0 Å². The average Bonchev–Trinajstić information content (AvgIpc) is 2.91. The van der Waals surface area contributed by atoms with Crippen LogP contribution in [0.2, 0.25) is 0 Å². The van der Waals surface area contributed by atoms with Crippen LogP contribution in [0.5, 0.6) is 0 Å². The maximum absolute atomic E-state index is 12.6. The molecule has 1 fully saturated rings. The highest BCUT2D eigenvalue weighted by Gasteiger charge is 2.23. The van der Waals surface area contributed by atoms with E-state index in [1.807, 2.05) is 36.9 Å². The lowest BCUT2D eigenvalue weighted by atomic mass is 10.1. The second kappa shape index (κ2) is 6.70. The molecule has 19 heavy (non-hydrogen) atoms. The van der Waals surface area contributed by atoms with Crippen LogP contribution in [-0.2, 0) is 4.74 Å². The van der Waals surface area contributed by atoms with Crippen LogP contribution in [0.15, 0.2) is 18.2 Å². The van der Waals surface area contributed by atoms with Crippen LogP contribution < -0.4 is 0 Å². The predicted molar refractivity (Wildman–Crippen MR) is 84.4 cm³/mol. The molecular formula is C15H20INO2. The molecule has 0 bridgehead atoms. The van der Waals surface area contributed by atoms with Gasteiger partial charge in [-0.1, -0.05) is 12.1 Å². The number of carbonyl (C=O) groups is 1. The summed E-state index contributed by atoms with van der Waals surface area (Å²) in [5.74, 6) is 0.117. The Hall–Kier alpha value is -0.620. The lowest BCUT2D eigenvalue weighted by Gasteiger charge is -2.24. The van der Waals surface area contributed by atoms with Crippen molar-refractivity contribution in [2.24, 2.45) is 0 Å². The zero-order valence-electron chi connectivity index (χ0n) is 11.5. The van der Waals surface area contributed by atoms with Gasteiger partial charge in [0.05, 0.1) is 11.7 Å². The second-order valence-electron chi connectivity index (χ2n) is 4.92. The van der Waals surface area contributed by atoms with E-state index in [2.05, 4.69) is 22.6 Å². The number of benzene rings is 1. The van der Waals surface area contributed by atoms with Gasteiger partial charge in [0.15, 0.2) is 0 Å². The largest absolute Gasteiger partial charge is 0.376 e. The summed E-state index contributed by atoms with van der Waals surface area (Å²) in [6.07, 6.45) is 2.39. The molecule has 1 aromatic carbocycles. The number of ether oxygens (including phenoxy) is 1. The van der Waals surface area contributed by atoms with E-state index >= 15 is 0 Å². The van der Waals surface area contributed by atoms with E-state index in [0.717, 1.165) is 40.7 Å². The molecule has 0 saturated carbocycles. The first-order valence-corrected chi connectivity index (χ1v) is 7.87. The standard InChI is InChI=1S/C15H20INO2/c1-3-17(10-12-7-5-9-19-12)15(18)13-8-4-6-11(2)14(13)16/h4,6,8,12H,3,5,7,9-10H2,1-2H3. The highest BCUT2D eigenvalue weighted by Crippen LogP contribution is 2.20. The number of halogens is 1. The third-order valence-corrected chi connectivity index (χ3v) is 4.97. The maximum atomic E-state index is 12.6. The Morgan fingerprint density at radius 1 is 1.53 bits per heavy atom. The zero-order chi connectivity index (χ0) is 13.8. The predicted octanol–water partition coefficient (Wildman–Crippen LogP) is 3.24. The van der Waals surface area contributed by atoms with Crippen LogP contribution in [0.4, 0.5) is 0 Å². The Morgan fingerprint density at radius 2 is 2.32 bits per heavy atom. The number of hydrogen-bond acceptors (Lipinski definition) is 2. The monoisotopic (exact) mass is 373 g/mol. The molecule has 0 N–H and O–H groups in total. The molecule has 1 amide bonds. The van der Waals surface area contributed by atoms with Crippen LogP contribution in [0.1, 0.15) is 35.7 Å². The van der Waals surface area contributed by atoms with Gasteiger partial charge in [0, 0.05) is 23.3 Å². The number of nitrogens with zero attached hydrogens (tertiary/aromatic N) is 1. The minimum atomic E-state index is 0.117. The lowest BCUT2D eigenvalue weighted by Crippen LogP contribution is -2.37. The van der Waals surface area contributed by atoms with Crippen molar-refractivity contribution < 1.29 is 9.53 Å². The lowest BCUT2D eigenvalue weighted by molar-refractivity contribution is 0.0538. The smallest absolute Gasteiger partial charge is 0.255 e. The van der Waals surface area contributed by atoms with Gasteiger partial charge in [-0.05, 0) is 60.9 Å². The summed E-state index contributed by atoms with van der Waals surface area (Å²) < 4.78 is 6.68. The third-order valence-electron chi connectivity index (χ3n) is 3.54. The summed E-state index contributed by atoms with van der Waals surface area (Å²) in [5, 5.41) is 0. The first kappa shape index (κ1) is 14.8. The van der Waals surface area contributed by atoms with E-state index in [0.29, 0.717) is 6.54 Å². The van der Waals surface area contributed by atoms with E-state index < -0.39 is 0 Å². The van der Waals surface area contributed by atoms with E-state index in [4.69, 9.17) is 4.74 Å². The molecule has 1 aromatic rings. The van der Waals surface area contributed by atoms with Crippen molar-refractivity contribution in [2.45, 2.75) is 32.8 Å². The maximum Gasteiger partial charge on any atom is 0.255 e. The Bertz CT molecular complexity index is 455. The zero-order valence-corrected chi connectivity index (χ0v) is 13.6. The number of aryl methyl sites for hydroxylation is 1. The Labute approximate surface area is 128 Å². The summed E-state index contributed by atoms with van der Waals surface area (Å²) in [4.78, 5) is 14.5. The normalized spacial score (nSPS) is 18.6. The van der Waals surface area contributed by atoms with Crippen molar-refractivity contribution in [3.63, 3.8) is 0 Å². The summed E-state index contributed by atoms with van der Waals surface area (Å²) in [5.41, 5.74) is 1.96. The molecule has 104 valence electrons. The van der Waals surface area contributed by atoms with Crippen molar-refractivity contribution in [3.05, 3.63) is 32.9 Å². The van der Waals surface area contributed by atoms with E-state index in [9.17, 15) is 4.79 Å². The van der Waals surface area contributed by atoms with E-state index in [-0.39, 0.29) is 12.0 Å². The molecule has 0 aliphatic carbocycles. The molecule has 1 atom stereocenters. The molecule has 2 rings (SSSR count). The Kier molecular flexibility index (Phi) is 5.21. The molecule has 4 heteroatoms. The number of hydrogen-bond donors (Lipinski definition) is 0. The minimum absolute atomic E-state index is 0.117. The van der Waals surface area contributed by atoms with Crippen molar-refractivity contribution in [1.29, 1.82) is 0 Å². The molecule has 1 aliphatic heterocycles. The molecule has 1 aliphatic rings. The highest BCUT2D eigenvalue weighted by atomic mass is 127. The van der Waals surface area contributed by atoms with Gasteiger partial charge < -0.3 is 9.64 Å². The molecule has 0 aromatic heterocycles. The molecule has 0 radical (unpaired) electrons. The van der Waals surface area contributed by atoms with E-state index in [1.165, 1.54) is 0 Å². The molecule has 1 saturated heterocycles. The fourth-order valence-electron chi connectivity index (χ4n) is 2.37. The molecular weight excluding hydrogens is 353 g/mol. The van der Waals surface area contributed by atoms with Crippen LogP contribution >= 0.6 is 22.6 Å². The van der Waals surface area contributed by atoms with Crippen LogP contribution in [-0.4, -0.2) is 36.6 Å². The summed E-state index contributed by atoms with van der Waals surface area (Å²) in [6.45, 7) is 6.32. The fourth-order valence-corrected chi connectivity index (χ4v) is 2.96. The number of amides is 1. The molecule has 3 nitrogen and oxygen atoms in total. The van der Waals surface area contributed by atoms with Gasteiger partial charge in [0.2, 0.25) is 0 Å². The van der Waals surface area contributed by atoms with Gasteiger partial charge in [-0.2, -0.15) is 0 Å². The van der Waals surface area contributed by atoms with Crippen LogP contribution in [0, 0.1) is 10.5 Å². The first-order chi connectivity index (χ1) is 9.13. The van der Waals surface area contributed by atoms with Crippen LogP contribution in [0.25, 0.3) is 0 Å². The van der Waals surface area contributed by atoms with Crippen LogP contribution in [0.3, 0.4) is 0 Å². The Balaban J connectivity index is 2.13. The van der Waals surface area contributed by atoms with Crippen molar-refractivity contribution in [2.75, 3.05) is 19.7 Å².